The SMILES string of the molecule is O=C(c1ccc(N2CCOCC2)cc1)N1C[C@H]2CC[C@@H]1CN(C1CCOCC1)C2. The molecule has 1 aromatic rings. The van der Waals surface area contributed by atoms with Crippen molar-refractivity contribution < 1.29 is 14.3 Å². The summed E-state index contributed by atoms with van der Waals surface area (Å²) in [7, 11) is 0. The molecule has 0 spiro atoms. The summed E-state index contributed by atoms with van der Waals surface area (Å²) in [6.45, 7) is 8.25. The summed E-state index contributed by atoms with van der Waals surface area (Å²) in [5.74, 6) is 0.815. The minimum Gasteiger partial charge on any atom is -0.381 e. The topological polar surface area (TPSA) is 45.2 Å². The minimum absolute atomic E-state index is 0.210. The van der Waals surface area contributed by atoms with Gasteiger partial charge in [-0.3, -0.25) is 9.69 Å². The molecular formula is C23H33N3O3. The molecule has 5 heterocycles. The molecule has 5 aliphatic rings. The number of hydrogen-bond acceptors (Lipinski definition) is 5. The van der Waals surface area contributed by atoms with Gasteiger partial charge in [0.25, 0.3) is 5.91 Å². The fraction of sp³-hybridized carbons (Fsp3) is 0.696. The van der Waals surface area contributed by atoms with Gasteiger partial charge in [0.15, 0.2) is 0 Å². The maximum absolute atomic E-state index is 13.4. The van der Waals surface area contributed by atoms with Crippen LogP contribution in [0.3, 0.4) is 0 Å². The van der Waals surface area contributed by atoms with Gasteiger partial charge in [0, 0.05) is 69.3 Å². The van der Waals surface area contributed by atoms with Crippen LogP contribution in [0.15, 0.2) is 24.3 Å². The number of ether oxygens (including phenoxy) is 2. The Kier molecular flexibility index (Phi) is 5.75. The highest BCUT2D eigenvalue weighted by atomic mass is 16.5. The zero-order valence-electron chi connectivity index (χ0n) is 17.3. The van der Waals surface area contributed by atoms with Gasteiger partial charge < -0.3 is 19.3 Å². The Morgan fingerprint density at radius 1 is 0.793 bits per heavy atom. The number of benzene rings is 1. The van der Waals surface area contributed by atoms with Crippen molar-refractivity contribution in [1.82, 2.24) is 9.80 Å². The Morgan fingerprint density at radius 3 is 2.28 bits per heavy atom. The molecule has 0 aromatic heterocycles. The molecule has 2 bridgehead atoms. The molecule has 158 valence electrons. The first kappa shape index (κ1) is 19.3. The number of fused-ring (bicyclic) bond motifs is 4. The van der Waals surface area contributed by atoms with Crippen molar-refractivity contribution in [1.29, 1.82) is 0 Å². The van der Waals surface area contributed by atoms with Gasteiger partial charge in [0.2, 0.25) is 0 Å². The zero-order valence-corrected chi connectivity index (χ0v) is 17.3. The van der Waals surface area contributed by atoms with E-state index in [-0.39, 0.29) is 5.91 Å². The van der Waals surface area contributed by atoms with Crippen LogP contribution >= 0.6 is 0 Å². The normalized spacial score (nSPS) is 29.1. The van der Waals surface area contributed by atoms with E-state index in [4.69, 9.17) is 9.47 Å². The Balaban J connectivity index is 1.27. The predicted octanol–water partition coefficient (Wildman–Crippen LogP) is 2.24. The first-order valence-electron chi connectivity index (χ1n) is 11.3. The van der Waals surface area contributed by atoms with Gasteiger partial charge in [0.05, 0.1) is 13.2 Å². The Hall–Kier alpha value is -1.63. The van der Waals surface area contributed by atoms with E-state index < -0.39 is 0 Å². The van der Waals surface area contributed by atoms with Crippen LogP contribution in [0.5, 0.6) is 0 Å². The summed E-state index contributed by atoms with van der Waals surface area (Å²) >= 11 is 0. The number of nitrogens with zero attached hydrogens (tertiary/aromatic N) is 3. The summed E-state index contributed by atoms with van der Waals surface area (Å²) in [5.41, 5.74) is 2.01. The molecule has 29 heavy (non-hydrogen) atoms. The first-order chi connectivity index (χ1) is 14.3. The molecule has 0 radical (unpaired) electrons. The number of amides is 1. The van der Waals surface area contributed by atoms with Gasteiger partial charge in [-0.25, -0.2) is 0 Å². The van der Waals surface area contributed by atoms with Crippen molar-refractivity contribution in [2.45, 2.75) is 37.8 Å². The van der Waals surface area contributed by atoms with Crippen LogP contribution in [0.4, 0.5) is 5.69 Å². The van der Waals surface area contributed by atoms with Crippen LogP contribution in [0.25, 0.3) is 0 Å². The molecule has 6 heteroatoms. The number of piperidine rings is 1. The number of carbonyl (C=O) groups is 1. The van der Waals surface area contributed by atoms with Gasteiger partial charge in [-0.15, -0.1) is 0 Å². The van der Waals surface area contributed by atoms with Crippen LogP contribution in [0.1, 0.15) is 36.0 Å². The number of hydrogen-bond donors (Lipinski definition) is 0. The third kappa shape index (κ3) is 4.16. The highest BCUT2D eigenvalue weighted by molar-refractivity contribution is 5.95. The molecule has 0 saturated carbocycles. The monoisotopic (exact) mass is 399 g/mol. The molecule has 0 aliphatic carbocycles. The summed E-state index contributed by atoms with van der Waals surface area (Å²) < 4.78 is 11.0. The standard InChI is InChI=1S/C23H33N3O3/c27-23(19-2-5-20(6-3-19)24-9-13-29-14-10-24)26-16-18-1-4-22(26)17-25(15-18)21-7-11-28-12-8-21/h2-3,5-6,18,21-22H,1,4,7-17H2/t18-,22+/m0/s1. The van der Waals surface area contributed by atoms with Gasteiger partial charge >= 0.3 is 0 Å². The van der Waals surface area contributed by atoms with Crippen LogP contribution in [-0.2, 0) is 9.47 Å². The lowest BCUT2D eigenvalue weighted by molar-refractivity contribution is 0.0304. The lowest BCUT2D eigenvalue weighted by Crippen LogP contribution is -2.48. The number of anilines is 1. The molecule has 5 saturated heterocycles. The van der Waals surface area contributed by atoms with E-state index in [1.807, 2.05) is 12.1 Å². The largest absolute Gasteiger partial charge is 0.381 e. The van der Waals surface area contributed by atoms with Crippen LogP contribution < -0.4 is 4.90 Å². The molecule has 0 N–H and O–H groups in total. The van der Waals surface area contributed by atoms with E-state index in [2.05, 4.69) is 26.8 Å². The molecule has 1 aromatic carbocycles. The lowest BCUT2D eigenvalue weighted by atomic mass is 9.94. The number of rotatable bonds is 3. The molecule has 6 rings (SSSR count). The molecule has 2 atom stereocenters. The second-order valence-electron chi connectivity index (χ2n) is 9.00. The Labute approximate surface area is 173 Å². The van der Waals surface area contributed by atoms with Gasteiger partial charge in [-0.05, 0) is 55.9 Å². The summed E-state index contributed by atoms with van der Waals surface area (Å²) in [4.78, 5) is 20.5. The van der Waals surface area contributed by atoms with Gasteiger partial charge in [0.1, 0.15) is 0 Å². The average molecular weight is 400 g/mol. The molecular weight excluding hydrogens is 366 g/mol. The quantitative estimate of drug-likeness (QED) is 0.780. The first-order valence-corrected chi connectivity index (χ1v) is 11.3. The van der Waals surface area contributed by atoms with Crippen molar-refractivity contribution in [3.63, 3.8) is 0 Å². The van der Waals surface area contributed by atoms with Crippen molar-refractivity contribution in [2.75, 3.05) is 64.1 Å². The van der Waals surface area contributed by atoms with Crippen molar-refractivity contribution >= 4 is 11.6 Å². The second-order valence-corrected chi connectivity index (χ2v) is 9.00. The Morgan fingerprint density at radius 2 is 1.52 bits per heavy atom. The molecule has 5 fully saturated rings. The smallest absolute Gasteiger partial charge is 0.254 e. The van der Waals surface area contributed by atoms with Crippen LogP contribution in [0, 0.1) is 5.92 Å². The molecule has 5 aliphatic heterocycles. The van der Waals surface area contributed by atoms with Crippen molar-refractivity contribution in [3.05, 3.63) is 29.8 Å². The van der Waals surface area contributed by atoms with E-state index in [1.165, 1.54) is 12.1 Å². The van der Waals surface area contributed by atoms with E-state index >= 15 is 0 Å². The molecule has 6 nitrogen and oxygen atoms in total. The maximum Gasteiger partial charge on any atom is 0.254 e. The van der Waals surface area contributed by atoms with Gasteiger partial charge in [-0.2, -0.15) is 0 Å². The second kappa shape index (κ2) is 8.62. The Bertz CT molecular complexity index is 698. The minimum atomic E-state index is 0.210. The number of morpholine rings is 1. The summed E-state index contributed by atoms with van der Waals surface area (Å²) in [6.07, 6.45) is 4.67. The van der Waals surface area contributed by atoms with Gasteiger partial charge in [-0.1, -0.05) is 0 Å². The predicted molar refractivity (Wildman–Crippen MR) is 112 cm³/mol. The van der Waals surface area contributed by atoms with E-state index in [0.29, 0.717) is 18.0 Å². The maximum atomic E-state index is 13.4. The highest BCUT2D eigenvalue weighted by Gasteiger charge is 2.39. The van der Waals surface area contributed by atoms with E-state index in [9.17, 15) is 4.79 Å². The van der Waals surface area contributed by atoms with Crippen molar-refractivity contribution in [3.8, 4) is 0 Å². The van der Waals surface area contributed by atoms with E-state index in [0.717, 1.165) is 84.0 Å². The lowest BCUT2D eigenvalue weighted by Gasteiger charge is -2.37. The summed E-state index contributed by atoms with van der Waals surface area (Å²) in [6, 6.07) is 9.22. The number of carbonyl (C=O) groups excluding carboxylic acids is 1. The fourth-order valence-electron chi connectivity index (χ4n) is 5.52. The van der Waals surface area contributed by atoms with Crippen LogP contribution in [-0.4, -0.2) is 86.9 Å². The van der Waals surface area contributed by atoms with E-state index in [1.54, 1.807) is 0 Å². The van der Waals surface area contributed by atoms with Crippen molar-refractivity contribution in [2.24, 2.45) is 5.92 Å². The third-order valence-corrected chi connectivity index (χ3v) is 7.20. The fourth-order valence-corrected chi connectivity index (χ4v) is 5.52. The molecule has 1 amide bonds. The zero-order chi connectivity index (χ0) is 19.6. The highest BCUT2D eigenvalue weighted by Crippen LogP contribution is 2.32. The molecule has 0 unspecified atom stereocenters. The summed E-state index contributed by atoms with van der Waals surface area (Å²) in [5, 5.41) is 0. The third-order valence-electron chi connectivity index (χ3n) is 7.20. The average Bonchev–Trinajstić information content (AvgIpc) is 3.12. The van der Waals surface area contributed by atoms with Crippen LogP contribution in [0.2, 0.25) is 0 Å².